The lowest BCUT2D eigenvalue weighted by Gasteiger charge is -2.30. The quantitative estimate of drug-likeness (QED) is 0.241. The number of ether oxygens (including phenoxy) is 5. The van der Waals surface area contributed by atoms with Crippen molar-refractivity contribution in [2.45, 2.75) is 96.9 Å². The molecule has 1 heterocycles. The van der Waals surface area contributed by atoms with Crippen molar-refractivity contribution < 1.29 is 38.7 Å². The van der Waals surface area contributed by atoms with Gasteiger partial charge in [0.1, 0.15) is 28.9 Å². The van der Waals surface area contributed by atoms with Crippen LogP contribution in [-0.2, 0) is 12.8 Å². The van der Waals surface area contributed by atoms with Gasteiger partial charge in [0.25, 0.3) is 0 Å². The minimum atomic E-state index is -0.885. The van der Waals surface area contributed by atoms with Crippen molar-refractivity contribution in [2.75, 3.05) is 28.4 Å². The van der Waals surface area contributed by atoms with Crippen molar-refractivity contribution in [2.24, 2.45) is 0 Å². The molecular formula is C34H48O8. The zero-order chi connectivity index (χ0) is 31.2. The Labute approximate surface area is 250 Å². The van der Waals surface area contributed by atoms with E-state index in [4.69, 9.17) is 23.7 Å². The summed E-state index contributed by atoms with van der Waals surface area (Å²) in [4.78, 5) is 13.7. The molecule has 0 amide bonds. The summed E-state index contributed by atoms with van der Waals surface area (Å²) < 4.78 is 29.4. The first-order chi connectivity index (χ1) is 19.7. The number of ketones is 1. The molecule has 232 valence electrons. The van der Waals surface area contributed by atoms with Crippen molar-refractivity contribution in [1.29, 1.82) is 0 Å². The molecule has 0 radical (unpaired) electrons. The van der Waals surface area contributed by atoms with Gasteiger partial charge in [0, 0.05) is 22.8 Å². The molecule has 0 spiro atoms. The van der Waals surface area contributed by atoms with Crippen LogP contribution in [0, 0.1) is 0 Å². The minimum Gasteiger partial charge on any atom is -0.496 e. The van der Waals surface area contributed by atoms with E-state index in [2.05, 4.69) is 13.0 Å². The predicted molar refractivity (Wildman–Crippen MR) is 164 cm³/mol. The Morgan fingerprint density at radius 2 is 1.57 bits per heavy atom. The highest BCUT2D eigenvalue weighted by Gasteiger charge is 2.35. The molecule has 1 aliphatic rings. The average molecular weight is 585 g/mol. The van der Waals surface area contributed by atoms with E-state index in [0.717, 1.165) is 36.0 Å². The third-order valence-electron chi connectivity index (χ3n) is 7.68. The summed E-state index contributed by atoms with van der Waals surface area (Å²) >= 11 is 0. The van der Waals surface area contributed by atoms with Gasteiger partial charge < -0.3 is 33.9 Å². The Balaban J connectivity index is 2.01. The highest BCUT2D eigenvalue weighted by atomic mass is 16.5. The molecule has 0 aliphatic carbocycles. The molecule has 0 bridgehead atoms. The van der Waals surface area contributed by atoms with Gasteiger partial charge in [-0.2, -0.15) is 0 Å². The van der Waals surface area contributed by atoms with Crippen molar-refractivity contribution in [1.82, 2.24) is 0 Å². The van der Waals surface area contributed by atoms with Gasteiger partial charge in [0.05, 0.1) is 46.1 Å². The maximum Gasteiger partial charge on any atom is 0.174 e. The van der Waals surface area contributed by atoms with Gasteiger partial charge in [0.15, 0.2) is 17.3 Å². The number of Topliss-reactive ketones (excluding diaryl/α,β-unsaturated/α-hetero) is 1. The van der Waals surface area contributed by atoms with Crippen LogP contribution in [0.1, 0.15) is 99.9 Å². The second-order valence-electron chi connectivity index (χ2n) is 12.3. The average Bonchev–Trinajstić information content (AvgIpc) is 2.92. The summed E-state index contributed by atoms with van der Waals surface area (Å²) in [6, 6.07) is 5.51. The van der Waals surface area contributed by atoms with Crippen LogP contribution in [0.15, 0.2) is 29.8 Å². The van der Waals surface area contributed by atoms with Gasteiger partial charge in [-0.25, -0.2) is 0 Å². The summed E-state index contributed by atoms with van der Waals surface area (Å²) in [6.45, 7) is 9.23. The van der Waals surface area contributed by atoms with E-state index < -0.39 is 17.3 Å². The van der Waals surface area contributed by atoms with Gasteiger partial charge in [-0.15, -0.1) is 0 Å². The number of carbonyl (C=O) groups is 1. The van der Waals surface area contributed by atoms with Gasteiger partial charge >= 0.3 is 0 Å². The Bertz CT molecular complexity index is 1280. The Hall–Kier alpha value is -3.23. The van der Waals surface area contributed by atoms with E-state index in [-0.39, 0.29) is 12.2 Å². The summed E-state index contributed by atoms with van der Waals surface area (Å²) in [6.07, 6.45) is 5.70. The van der Waals surface area contributed by atoms with Crippen LogP contribution in [-0.4, -0.2) is 55.6 Å². The van der Waals surface area contributed by atoms with Crippen LogP contribution in [0.2, 0.25) is 0 Å². The topological polar surface area (TPSA) is 104 Å². The molecule has 2 aromatic rings. The molecule has 1 atom stereocenters. The van der Waals surface area contributed by atoms with Crippen molar-refractivity contribution in [3.63, 3.8) is 0 Å². The first-order valence-electron chi connectivity index (χ1n) is 14.5. The number of hydrogen-bond acceptors (Lipinski definition) is 8. The van der Waals surface area contributed by atoms with Gasteiger partial charge in [0.2, 0.25) is 0 Å². The van der Waals surface area contributed by atoms with Crippen LogP contribution in [0.5, 0.6) is 28.7 Å². The largest absolute Gasteiger partial charge is 0.496 e. The molecule has 1 unspecified atom stereocenters. The summed E-state index contributed by atoms with van der Waals surface area (Å²) in [5.74, 6) is 2.48. The molecule has 0 fully saturated rings. The summed E-state index contributed by atoms with van der Waals surface area (Å²) in [5.41, 5.74) is 2.49. The number of fused-ring (bicyclic) bond motifs is 1. The van der Waals surface area contributed by atoms with E-state index in [1.54, 1.807) is 41.2 Å². The molecule has 1 aliphatic heterocycles. The molecule has 0 saturated heterocycles. The highest BCUT2D eigenvalue weighted by Crippen LogP contribution is 2.47. The fraction of sp³-hybridized carbons (Fsp3) is 0.559. The zero-order valence-electron chi connectivity index (χ0n) is 26.7. The van der Waals surface area contributed by atoms with E-state index >= 15 is 0 Å². The van der Waals surface area contributed by atoms with Crippen molar-refractivity contribution in [3.05, 3.63) is 52.1 Å². The maximum absolute atomic E-state index is 13.7. The zero-order valence-corrected chi connectivity index (χ0v) is 26.7. The van der Waals surface area contributed by atoms with Crippen LogP contribution in [0.25, 0.3) is 0 Å². The van der Waals surface area contributed by atoms with Crippen LogP contribution in [0.4, 0.5) is 0 Å². The van der Waals surface area contributed by atoms with E-state index in [9.17, 15) is 15.0 Å². The van der Waals surface area contributed by atoms with E-state index in [0.29, 0.717) is 53.6 Å². The molecule has 2 aromatic carbocycles. The Kier molecular flexibility index (Phi) is 11.0. The van der Waals surface area contributed by atoms with Crippen molar-refractivity contribution >= 4 is 5.78 Å². The monoisotopic (exact) mass is 584 g/mol. The highest BCUT2D eigenvalue weighted by molar-refractivity contribution is 6.03. The minimum absolute atomic E-state index is 0.0932. The lowest BCUT2D eigenvalue weighted by atomic mass is 9.88. The fourth-order valence-corrected chi connectivity index (χ4v) is 5.42. The molecule has 42 heavy (non-hydrogen) atoms. The molecule has 3 rings (SSSR count). The lowest BCUT2D eigenvalue weighted by molar-refractivity contribution is 0.0687. The second kappa shape index (κ2) is 13.8. The van der Waals surface area contributed by atoms with E-state index in [1.807, 2.05) is 26.0 Å². The summed E-state index contributed by atoms with van der Waals surface area (Å²) in [7, 11) is 6.31. The standard InChI is InChI=1S/C34H48O8/c1-21(11-10-17-33(2,3)36)12-13-23-22(14-15-26(38-6)31(23)40-8)28-19-25(35)30-29(42-28)20-27(39-7)24(32(30)41-9)16-18-34(4,5)37/h12,14-15,20,28,36-37H,10-11,13,16-19H2,1-9H3. The third-order valence-corrected chi connectivity index (χ3v) is 7.68. The molecular weight excluding hydrogens is 536 g/mol. The lowest BCUT2D eigenvalue weighted by Crippen LogP contribution is -2.24. The number of allylic oxidation sites excluding steroid dienone is 2. The van der Waals surface area contributed by atoms with Crippen LogP contribution in [0.3, 0.4) is 0 Å². The maximum atomic E-state index is 13.7. The van der Waals surface area contributed by atoms with E-state index in [1.165, 1.54) is 12.7 Å². The number of aliphatic hydroxyl groups is 2. The SMILES string of the molecule is COc1cc2c(c(OC)c1CCC(C)(C)O)C(=O)CC(c1ccc(OC)c(OC)c1CC=C(C)CCCC(C)(C)O)O2. The molecule has 0 aromatic heterocycles. The normalized spacial score (nSPS) is 15.6. The van der Waals surface area contributed by atoms with Crippen LogP contribution < -0.4 is 23.7 Å². The van der Waals surface area contributed by atoms with Gasteiger partial charge in [-0.3, -0.25) is 4.79 Å². The number of benzene rings is 2. The molecule has 0 saturated carbocycles. The van der Waals surface area contributed by atoms with Gasteiger partial charge in [-0.1, -0.05) is 17.7 Å². The first-order valence-corrected chi connectivity index (χ1v) is 14.5. The number of hydrogen-bond donors (Lipinski definition) is 2. The molecule has 8 nitrogen and oxygen atoms in total. The number of rotatable bonds is 14. The summed E-state index contributed by atoms with van der Waals surface area (Å²) in [5, 5.41) is 20.4. The predicted octanol–water partition coefficient (Wildman–Crippen LogP) is 6.56. The third kappa shape index (κ3) is 8.19. The smallest absolute Gasteiger partial charge is 0.174 e. The van der Waals surface area contributed by atoms with Gasteiger partial charge in [-0.05, 0) is 79.2 Å². The number of methoxy groups -OCH3 is 4. The van der Waals surface area contributed by atoms with Crippen LogP contribution >= 0.6 is 0 Å². The number of carbonyl (C=O) groups excluding carboxylic acids is 1. The fourth-order valence-electron chi connectivity index (χ4n) is 5.42. The molecule has 2 N–H and O–H groups in total. The Morgan fingerprint density at radius 1 is 0.929 bits per heavy atom. The Morgan fingerprint density at radius 3 is 2.14 bits per heavy atom. The molecule has 8 heteroatoms. The second-order valence-corrected chi connectivity index (χ2v) is 12.3. The van der Waals surface area contributed by atoms with Crippen molar-refractivity contribution in [3.8, 4) is 28.7 Å². The first kappa shape index (κ1) is 33.3.